The fourth-order valence-corrected chi connectivity index (χ4v) is 6.25. The summed E-state index contributed by atoms with van der Waals surface area (Å²) in [6.07, 6.45) is 7.87. The molecule has 0 spiro atoms. The molecule has 6 nitrogen and oxygen atoms in total. The van der Waals surface area contributed by atoms with Gasteiger partial charge in [-0.2, -0.15) is 0 Å². The molecule has 4 fully saturated rings. The van der Waals surface area contributed by atoms with Crippen LogP contribution in [0, 0.1) is 29.0 Å². The zero-order valence-electron chi connectivity index (χ0n) is 18.2. The highest BCUT2D eigenvalue weighted by atomic mass is 19.1. The summed E-state index contributed by atoms with van der Waals surface area (Å²) in [5.74, 6) is 1.53. The number of anilines is 1. The topological polar surface area (TPSA) is 78.5 Å². The fourth-order valence-electron chi connectivity index (χ4n) is 6.25. The van der Waals surface area contributed by atoms with Gasteiger partial charge in [0.25, 0.3) is 0 Å². The molecule has 0 heterocycles. The lowest BCUT2D eigenvalue weighted by Crippen LogP contribution is -2.53. The molecule has 168 valence electrons. The largest absolute Gasteiger partial charge is 0.356 e. The second kappa shape index (κ2) is 8.97. The van der Waals surface area contributed by atoms with Crippen molar-refractivity contribution in [2.45, 2.75) is 51.4 Å². The molecule has 31 heavy (non-hydrogen) atoms. The number of halogens is 1. The summed E-state index contributed by atoms with van der Waals surface area (Å²) >= 11 is 0. The van der Waals surface area contributed by atoms with Crippen LogP contribution in [-0.2, 0) is 14.4 Å². The van der Waals surface area contributed by atoms with Gasteiger partial charge in [0.2, 0.25) is 17.7 Å². The van der Waals surface area contributed by atoms with Crippen LogP contribution in [-0.4, -0.2) is 42.8 Å². The number of hydrogen-bond acceptors (Lipinski definition) is 3. The second-order valence-corrected chi connectivity index (χ2v) is 9.86. The molecule has 0 radical (unpaired) electrons. The molecule has 4 aliphatic rings. The lowest BCUT2D eigenvalue weighted by Gasteiger charge is -2.55. The van der Waals surface area contributed by atoms with Crippen LogP contribution in [0.3, 0.4) is 0 Å². The zero-order chi connectivity index (χ0) is 22.0. The van der Waals surface area contributed by atoms with Gasteiger partial charge in [0.05, 0.1) is 6.54 Å². The lowest BCUT2D eigenvalue weighted by atomic mass is 9.49. The number of carbonyl (C=O) groups excluding carboxylic acids is 3. The van der Waals surface area contributed by atoms with Crippen molar-refractivity contribution in [1.29, 1.82) is 0 Å². The van der Waals surface area contributed by atoms with Gasteiger partial charge in [-0.3, -0.25) is 14.4 Å². The van der Waals surface area contributed by atoms with E-state index in [1.165, 1.54) is 48.4 Å². The standard InChI is InChI=1S/C24H32FN3O3/c1-28(15-21(29)27-20-6-4-19(25)5-7-20)22(30)3-2-8-26-23(31)24-12-16-9-17(13-24)11-18(10-16)14-24/h4-7,16-18H,2-3,8-15H2,1H3,(H,26,31)(H,27,29). The molecule has 5 rings (SSSR count). The first-order chi connectivity index (χ1) is 14.8. The molecule has 0 atom stereocenters. The van der Waals surface area contributed by atoms with Crippen LogP contribution >= 0.6 is 0 Å². The monoisotopic (exact) mass is 429 g/mol. The van der Waals surface area contributed by atoms with Crippen LogP contribution in [0.1, 0.15) is 51.4 Å². The number of benzene rings is 1. The van der Waals surface area contributed by atoms with Crippen molar-refractivity contribution in [3.05, 3.63) is 30.1 Å². The highest BCUT2D eigenvalue weighted by Crippen LogP contribution is 2.60. The summed E-state index contributed by atoms with van der Waals surface area (Å²) in [5.41, 5.74) is 0.327. The summed E-state index contributed by atoms with van der Waals surface area (Å²) < 4.78 is 12.9. The molecule has 0 aliphatic heterocycles. The van der Waals surface area contributed by atoms with Gasteiger partial charge >= 0.3 is 0 Å². The van der Waals surface area contributed by atoms with Crippen molar-refractivity contribution >= 4 is 23.4 Å². The highest BCUT2D eigenvalue weighted by Gasteiger charge is 2.54. The Morgan fingerprint density at radius 3 is 2.19 bits per heavy atom. The normalized spacial score (nSPS) is 28.3. The van der Waals surface area contributed by atoms with E-state index in [-0.39, 0.29) is 41.9 Å². The zero-order valence-corrected chi connectivity index (χ0v) is 18.2. The Bertz CT molecular complexity index is 804. The minimum absolute atomic E-state index is 0.0736. The van der Waals surface area contributed by atoms with E-state index in [9.17, 15) is 18.8 Å². The van der Waals surface area contributed by atoms with Gasteiger partial charge in [-0.1, -0.05) is 0 Å². The van der Waals surface area contributed by atoms with Gasteiger partial charge in [0.15, 0.2) is 0 Å². The first-order valence-electron chi connectivity index (χ1n) is 11.4. The van der Waals surface area contributed by atoms with Crippen LogP contribution in [0.4, 0.5) is 10.1 Å². The van der Waals surface area contributed by atoms with E-state index in [0.29, 0.717) is 18.7 Å². The Balaban J connectivity index is 1.16. The molecule has 0 saturated heterocycles. The smallest absolute Gasteiger partial charge is 0.243 e. The third-order valence-electron chi connectivity index (χ3n) is 7.31. The molecule has 4 bridgehead atoms. The van der Waals surface area contributed by atoms with Crippen LogP contribution in [0.15, 0.2) is 24.3 Å². The number of likely N-dealkylation sites (N-methyl/N-ethyl adjacent to an activating group) is 1. The van der Waals surface area contributed by atoms with Crippen molar-refractivity contribution in [2.24, 2.45) is 23.2 Å². The van der Waals surface area contributed by atoms with Crippen LogP contribution in [0.25, 0.3) is 0 Å². The number of nitrogens with zero attached hydrogens (tertiary/aromatic N) is 1. The van der Waals surface area contributed by atoms with Gasteiger partial charge in [-0.15, -0.1) is 0 Å². The first-order valence-corrected chi connectivity index (χ1v) is 11.4. The fraction of sp³-hybridized carbons (Fsp3) is 0.625. The minimum atomic E-state index is -0.374. The molecular formula is C24H32FN3O3. The van der Waals surface area contributed by atoms with Crippen LogP contribution in [0.2, 0.25) is 0 Å². The Morgan fingerprint density at radius 2 is 1.61 bits per heavy atom. The van der Waals surface area contributed by atoms with E-state index in [0.717, 1.165) is 37.0 Å². The quantitative estimate of drug-likeness (QED) is 0.622. The number of hydrogen-bond donors (Lipinski definition) is 2. The Kier molecular flexibility index (Phi) is 6.30. The number of amides is 3. The molecule has 1 aromatic carbocycles. The van der Waals surface area contributed by atoms with E-state index in [1.54, 1.807) is 7.05 Å². The molecule has 0 aromatic heterocycles. The number of carbonyl (C=O) groups is 3. The first kappa shape index (κ1) is 21.8. The number of nitrogens with one attached hydrogen (secondary N) is 2. The minimum Gasteiger partial charge on any atom is -0.356 e. The van der Waals surface area contributed by atoms with Gasteiger partial charge < -0.3 is 15.5 Å². The van der Waals surface area contributed by atoms with E-state index in [4.69, 9.17) is 0 Å². The van der Waals surface area contributed by atoms with Crippen molar-refractivity contribution in [2.75, 3.05) is 25.5 Å². The third kappa shape index (κ3) is 5.08. The van der Waals surface area contributed by atoms with Gasteiger partial charge in [0, 0.05) is 31.1 Å². The van der Waals surface area contributed by atoms with Gasteiger partial charge in [-0.05, 0) is 87.0 Å². The van der Waals surface area contributed by atoms with E-state index in [1.807, 2.05) is 0 Å². The molecule has 0 unspecified atom stereocenters. The van der Waals surface area contributed by atoms with E-state index < -0.39 is 0 Å². The van der Waals surface area contributed by atoms with Crippen molar-refractivity contribution in [1.82, 2.24) is 10.2 Å². The summed E-state index contributed by atoms with van der Waals surface area (Å²) in [6, 6.07) is 5.48. The van der Waals surface area contributed by atoms with E-state index in [2.05, 4.69) is 10.6 Å². The average molecular weight is 430 g/mol. The van der Waals surface area contributed by atoms with Gasteiger partial charge in [0.1, 0.15) is 5.82 Å². The Labute approximate surface area is 182 Å². The van der Waals surface area contributed by atoms with Crippen molar-refractivity contribution in [3.8, 4) is 0 Å². The summed E-state index contributed by atoms with van der Waals surface area (Å²) in [7, 11) is 1.58. The molecule has 1 aromatic rings. The third-order valence-corrected chi connectivity index (χ3v) is 7.31. The van der Waals surface area contributed by atoms with Crippen molar-refractivity contribution in [3.63, 3.8) is 0 Å². The Hall–Kier alpha value is -2.44. The predicted molar refractivity (Wildman–Crippen MR) is 116 cm³/mol. The summed E-state index contributed by atoms with van der Waals surface area (Å²) in [5, 5.41) is 5.74. The average Bonchev–Trinajstić information content (AvgIpc) is 2.71. The molecular weight excluding hydrogens is 397 g/mol. The van der Waals surface area contributed by atoms with E-state index >= 15 is 0 Å². The van der Waals surface area contributed by atoms with Crippen molar-refractivity contribution < 1.29 is 18.8 Å². The maximum atomic E-state index is 12.9. The highest BCUT2D eigenvalue weighted by molar-refractivity contribution is 5.94. The molecule has 7 heteroatoms. The van der Waals surface area contributed by atoms with Crippen LogP contribution < -0.4 is 10.6 Å². The molecule has 4 aliphatic carbocycles. The number of rotatable bonds is 8. The SMILES string of the molecule is CN(CC(=O)Nc1ccc(F)cc1)C(=O)CCCNC(=O)C12CC3CC(CC(C3)C1)C2. The second-order valence-electron chi connectivity index (χ2n) is 9.86. The van der Waals surface area contributed by atoms with Gasteiger partial charge in [-0.25, -0.2) is 4.39 Å². The molecule has 2 N–H and O–H groups in total. The summed E-state index contributed by atoms with van der Waals surface area (Å²) in [6.45, 7) is 0.414. The Morgan fingerprint density at radius 1 is 1.03 bits per heavy atom. The van der Waals surface area contributed by atoms with Crippen LogP contribution in [0.5, 0.6) is 0 Å². The predicted octanol–water partition coefficient (Wildman–Crippen LogP) is 3.34. The maximum absolute atomic E-state index is 12.9. The maximum Gasteiger partial charge on any atom is 0.243 e. The lowest BCUT2D eigenvalue weighted by molar-refractivity contribution is -0.146. The molecule has 4 saturated carbocycles. The summed E-state index contributed by atoms with van der Waals surface area (Å²) in [4.78, 5) is 38.7. The molecule has 3 amide bonds.